The Morgan fingerprint density at radius 3 is 1.70 bits per heavy atom. The summed E-state index contributed by atoms with van der Waals surface area (Å²) in [5, 5.41) is 5.42. The summed E-state index contributed by atoms with van der Waals surface area (Å²) in [7, 11) is -6.97. The number of carbonyl (C=O) groups is 6. The Balaban J connectivity index is 0.000000192. The quantitative estimate of drug-likeness (QED) is 0.0382. The number of sulfone groups is 2. The number of hydrogen-bond donors (Lipinski definition) is 12. The summed E-state index contributed by atoms with van der Waals surface area (Å²) in [4.78, 5) is 97.6. The monoisotopic (exact) mass is 1540 g/mol. The number of fused-ring (bicyclic) bond motifs is 2. The molecule has 0 radical (unpaired) electrons. The maximum Gasteiger partial charge on any atom is 0.283 e. The minimum Gasteiger partial charge on any atom is -0.493 e. The van der Waals surface area contributed by atoms with Crippen LogP contribution in [0.2, 0.25) is 0 Å². The normalized spacial score (nSPS) is 14.5. The lowest BCUT2D eigenvalue weighted by molar-refractivity contribution is -0.119. The van der Waals surface area contributed by atoms with E-state index >= 15 is 0 Å². The third-order valence-electron chi connectivity index (χ3n) is 17.2. The number of nitrogens with zero attached hydrogens (tertiary/aromatic N) is 10. The summed E-state index contributed by atoms with van der Waals surface area (Å²) in [5.74, 6) is -3.59. The number of nitrogens with two attached hydrogens (primary N) is 12. The Kier molecular flexibility index (Phi) is 27.1. The SMILES string of the molecule is C/C(=C\c1ccc(C)cc1/C=C(\C)C(=O)N=C(N)N)C(=O)N=C(N)N.CC(C)c1ccc(C(=O)N=C(N)N)cc1S(C)(=O)=O.CC1(C)[C@H](C(=O)N=C(N)N)[C@H]1c1cccc2c1CCO2.Cc1cc(-n2cccc2)c(S(C)(=O)=O)cc1C(=O)N=C(N)N.NC(N)=NC(=O)c1cnn(-c2cccc3ncccc23)c1C1CC1. The summed E-state index contributed by atoms with van der Waals surface area (Å²) in [5.41, 5.74) is 73.3. The lowest BCUT2D eigenvalue weighted by Gasteiger charge is -2.13. The third kappa shape index (κ3) is 22.0. The van der Waals surface area contributed by atoms with E-state index in [0.29, 0.717) is 46.0 Å². The highest BCUT2D eigenvalue weighted by Gasteiger charge is 2.63. The molecule has 5 aromatic carbocycles. The van der Waals surface area contributed by atoms with Gasteiger partial charge in [0.25, 0.3) is 35.4 Å². The molecule has 0 bridgehead atoms. The molecule has 8 aromatic rings. The van der Waals surface area contributed by atoms with Crippen molar-refractivity contribution in [2.24, 2.45) is 110 Å². The molecular formula is C75H90N22O11S2. The van der Waals surface area contributed by atoms with Crippen LogP contribution in [0.1, 0.15) is 148 Å². The van der Waals surface area contributed by atoms with Gasteiger partial charge in [0.2, 0.25) is 0 Å². The van der Waals surface area contributed by atoms with Crippen molar-refractivity contribution in [3.05, 3.63) is 206 Å². The Bertz CT molecular complexity index is 5390. The van der Waals surface area contributed by atoms with Crippen LogP contribution >= 0.6 is 0 Å². The van der Waals surface area contributed by atoms with Crippen molar-refractivity contribution in [3.63, 3.8) is 0 Å². The van der Waals surface area contributed by atoms with Gasteiger partial charge in [-0.2, -0.15) is 35.1 Å². The van der Waals surface area contributed by atoms with Gasteiger partial charge in [0.15, 0.2) is 55.4 Å². The maximum absolute atomic E-state index is 12.3. The molecule has 2 aliphatic carbocycles. The molecule has 35 heteroatoms. The van der Waals surface area contributed by atoms with E-state index in [1.54, 1.807) is 80.3 Å². The van der Waals surface area contributed by atoms with Gasteiger partial charge in [-0.25, -0.2) is 21.5 Å². The second-order valence-electron chi connectivity index (χ2n) is 26.7. The van der Waals surface area contributed by atoms with E-state index in [2.05, 4.69) is 60.0 Å². The molecule has 3 aromatic heterocycles. The van der Waals surface area contributed by atoms with Gasteiger partial charge in [-0.3, -0.25) is 33.8 Å². The number of aromatic nitrogens is 4. The summed E-state index contributed by atoms with van der Waals surface area (Å²) in [6.45, 7) is 15.4. The number of aryl methyl sites for hydroxylation is 2. The molecule has 3 aliphatic rings. The Hall–Kier alpha value is -13.2. The largest absolute Gasteiger partial charge is 0.493 e. The molecule has 0 spiro atoms. The Labute approximate surface area is 635 Å². The van der Waals surface area contributed by atoms with Gasteiger partial charge in [-0.15, -0.1) is 0 Å². The predicted molar refractivity (Wildman–Crippen MR) is 425 cm³/mol. The van der Waals surface area contributed by atoms with Gasteiger partial charge in [-0.05, 0) is 159 Å². The Morgan fingerprint density at radius 1 is 0.591 bits per heavy atom. The van der Waals surface area contributed by atoms with Crippen molar-refractivity contribution in [2.75, 3.05) is 19.1 Å². The highest BCUT2D eigenvalue weighted by atomic mass is 32.2. The second kappa shape index (κ2) is 35.5. The van der Waals surface area contributed by atoms with Crippen molar-refractivity contribution in [2.45, 2.75) is 102 Å². The highest BCUT2D eigenvalue weighted by Crippen LogP contribution is 2.66. The molecule has 24 N–H and O–H groups in total. The van der Waals surface area contributed by atoms with Crippen LogP contribution in [0.15, 0.2) is 185 Å². The highest BCUT2D eigenvalue weighted by molar-refractivity contribution is 7.91. The topological polar surface area (TPSA) is 602 Å². The van der Waals surface area contributed by atoms with Crippen molar-refractivity contribution in [3.8, 4) is 17.1 Å². The molecule has 0 saturated heterocycles. The minimum absolute atomic E-state index is 0.0250. The summed E-state index contributed by atoms with van der Waals surface area (Å²) < 4.78 is 56.7. The van der Waals surface area contributed by atoms with E-state index < -0.39 is 49.2 Å². The summed E-state index contributed by atoms with van der Waals surface area (Å²) >= 11 is 0. The first-order chi connectivity index (χ1) is 51.5. The van der Waals surface area contributed by atoms with Gasteiger partial charge in [0, 0.05) is 82.6 Å². The van der Waals surface area contributed by atoms with Gasteiger partial charge in [0.05, 0.1) is 56.7 Å². The zero-order valence-electron chi connectivity index (χ0n) is 62.2. The number of guanidine groups is 6. The molecule has 2 saturated carbocycles. The van der Waals surface area contributed by atoms with E-state index in [0.717, 1.165) is 76.5 Å². The van der Waals surface area contributed by atoms with E-state index in [-0.39, 0.29) is 85.8 Å². The first kappa shape index (κ1) is 84.1. The maximum atomic E-state index is 12.3. The number of rotatable bonds is 15. The fourth-order valence-corrected chi connectivity index (χ4v) is 14.0. The van der Waals surface area contributed by atoms with E-state index in [9.17, 15) is 45.6 Å². The minimum atomic E-state index is -3.54. The molecule has 110 heavy (non-hydrogen) atoms. The van der Waals surface area contributed by atoms with Gasteiger partial charge >= 0.3 is 0 Å². The number of amides is 6. The number of aliphatic imine (C=N–C) groups is 6. The van der Waals surface area contributed by atoms with Crippen LogP contribution < -0.4 is 73.5 Å². The first-order valence-corrected chi connectivity index (χ1v) is 37.6. The van der Waals surface area contributed by atoms with Crippen LogP contribution in [-0.2, 0) is 40.5 Å². The molecule has 2 fully saturated rings. The number of benzene rings is 5. The lowest BCUT2D eigenvalue weighted by Crippen LogP contribution is -2.25. The molecular weight excluding hydrogens is 1450 g/mol. The predicted octanol–water partition coefficient (Wildman–Crippen LogP) is 4.50. The fraction of sp³-hybridized carbons (Fsp3) is 0.253. The van der Waals surface area contributed by atoms with Crippen LogP contribution in [-0.4, -0.2) is 126 Å². The molecule has 6 amide bonds. The average Bonchev–Trinajstić information content (AvgIpc) is 1.54. The van der Waals surface area contributed by atoms with Gasteiger partial charge < -0.3 is 78.1 Å². The molecule has 33 nitrogen and oxygen atoms in total. The van der Waals surface area contributed by atoms with E-state index in [4.69, 9.17) is 73.5 Å². The summed E-state index contributed by atoms with van der Waals surface area (Å²) in [6, 6.07) is 32.3. The first-order valence-electron chi connectivity index (χ1n) is 33.8. The molecule has 1 aliphatic heterocycles. The third-order valence-corrected chi connectivity index (χ3v) is 19.5. The van der Waals surface area contributed by atoms with Crippen molar-refractivity contribution in [1.82, 2.24) is 19.3 Å². The fourth-order valence-electron chi connectivity index (χ4n) is 12.0. The van der Waals surface area contributed by atoms with Gasteiger partial charge in [0.1, 0.15) is 5.75 Å². The van der Waals surface area contributed by atoms with Crippen molar-refractivity contribution in [1.29, 1.82) is 0 Å². The van der Waals surface area contributed by atoms with E-state index in [1.807, 2.05) is 86.1 Å². The van der Waals surface area contributed by atoms with Crippen LogP contribution in [0, 0.1) is 25.2 Å². The second-order valence-corrected chi connectivity index (χ2v) is 30.7. The van der Waals surface area contributed by atoms with Crippen LogP contribution in [0.25, 0.3) is 34.4 Å². The van der Waals surface area contributed by atoms with E-state index in [1.165, 1.54) is 35.5 Å². The number of carbonyl (C=O) groups excluding carboxylic acids is 6. The number of hydrogen-bond acceptors (Lipinski definition) is 13. The van der Waals surface area contributed by atoms with Crippen LogP contribution in [0.3, 0.4) is 0 Å². The molecule has 2 atom stereocenters. The smallest absolute Gasteiger partial charge is 0.283 e. The average molecular weight is 1540 g/mol. The molecule has 11 rings (SSSR count). The van der Waals surface area contributed by atoms with Crippen LogP contribution in [0.5, 0.6) is 5.75 Å². The van der Waals surface area contributed by atoms with Crippen molar-refractivity contribution >= 4 is 114 Å². The molecule has 4 heterocycles. The van der Waals surface area contributed by atoms with Crippen molar-refractivity contribution < 1.29 is 50.3 Å². The standard InChI is InChI=1S/C17H22N6O2.C17H16N6O.C15H19N3O2.C14H16N4O3S.C12H17N3O3S/c1-9-4-5-12(7-10(2)14(24)22-16(18)19)13(6-9)8-11(3)15(25)23-17(20)21;18-17(19)22-16(24)12-9-21-23(15(12)10-6-7-10)14-5-1-4-13-11(14)3-2-8-20-13;1-15(2)11(12(15)13(19)18-14(16)17)9-4-3-5-10-8(9)6-7-20-10;1-9-7-11(18-5-3-4-6-18)12(22(2,20)21)8-10(9)13(19)17-14(15)16;1-7(2)9-5-4-8(11(16)15-12(13)14)6-10(9)19(3,17)18/h4-8H,1-3H3,(H4,18,19,22,24)(H4,20,21,23,25);1-5,8-10H,6-7H2,(H4,18,19,22,24);3-5,11-12H,6-7H2,1-2H3,(H4,16,17,18,19);3-8H,1-2H3,(H4,15,16,17,19);4-7H,1-3H3,(H4,13,14,15,16)/b10-7+,11-8+;;;;/t;;11-,12+;;/m..1../s1. The number of pyridine rings is 1. The lowest BCUT2D eigenvalue weighted by atomic mass is 9.96. The molecule has 578 valence electrons. The molecule has 0 unspecified atom stereocenters. The van der Waals surface area contributed by atoms with Crippen LogP contribution in [0.4, 0.5) is 0 Å². The van der Waals surface area contributed by atoms with Gasteiger partial charge in [-0.1, -0.05) is 75.7 Å². The zero-order chi connectivity index (χ0) is 81.6. The number of ether oxygens (including phenoxy) is 1. The summed E-state index contributed by atoms with van der Waals surface area (Å²) in [6.07, 6.45) is 15.2. The zero-order valence-corrected chi connectivity index (χ0v) is 63.8. The Morgan fingerprint density at radius 2 is 1.15 bits per heavy atom.